The minimum Gasteiger partial charge on any atom is -0.444 e. The predicted molar refractivity (Wildman–Crippen MR) is 92.7 cm³/mol. The molecule has 7 nitrogen and oxygen atoms in total. The average molecular weight is 358 g/mol. The Balaban J connectivity index is 1.93. The van der Waals surface area contributed by atoms with Gasteiger partial charge in [-0.15, -0.1) is 0 Å². The van der Waals surface area contributed by atoms with Crippen LogP contribution in [0, 0.1) is 0 Å². The summed E-state index contributed by atoms with van der Waals surface area (Å²) in [5.41, 5.74) is -1.34. The zero-order valence-corrected chi connectivity index (χ0v) is 15.6. The largest absolute Gasteiger partial charge is 0.444 e. The number of alkyl carbamates (subject to hydrolysis) is 1. The second-order valence-corrected chi connectivity index (χ2v) is 8.85. The van der Waals surface area contributed by atoms with Gasteiger partial charge in [-0.3, -0.25) is 4.99 Å². The van der Waals surface area contributed by atoms with Crippen LogP contribution in [-0.4, -0.2) is 38.5 Å². The van der Waals surface area contributed by atoms with Crippen molar-refractivity contribution in [3.63, 3.8) is 0 Å². The van der Waals surface area contributed by atoms with Crippen molar-refractivity contribution in [1.82, 2.24) is 15.5 Å². The van der Waals surface area contributed by atoms with E-state index >= 15 is 0 Å². The molecular weight excluding hydrogens is 336 g/mol. The Kier molecular flexibility index (Phi) is 5.61. The van der Waals surface area contributed by atoms with E-state index < -0.39 is 17.2 Å². The number of hydrogen-bond donors (Lipinski definition) is 1. The SMILES string of the molecule is CC(C)(C)OC(=O)NC(C)(C)c1noc(CSC2=NCCS2)n1. The zero-order valence-electron chi connectivity index (χ0n) is 14.0. The van der Waals surface area contributed by atoms with E-state index in [0.717, 1.165) is 16.7 Å². The molecule has 0 saturated carbocycles. The minimum atomic E-state index is -0.783. The molecule has 0 saturated heterocycles. The molecule has 2 rings (SSSR count). The van der Waals surface area contributed by atoms with Crippen LogP contribution in [0.3, 0.4) is 0 Å². The lowest BCUT2D eigenvalue weighted by molar-refractivity contribution is 0.0465. The molecule has 23 heavy (non-hydrogen) atoms. The fourth-order valence-electron chi connectivity index (χ4n) is 1.71. The normalized spacial score (nSPS) is 15.4. The number of nitrogens with one attached hydrogen (secondary N) is 1. The van der Waals surface area contributed by atoms with E-state index in [4.69, 9.17) is 9.26 Å². The topological polar surface area (TPSA) is 89.6 Å². The molecule has 0 bridgehead atoms. The van der Waals surface area contributed by atoms with Gasteiger partial charge in [-0.1, -0.05) is 28.7 Å². The van der Waals surface area contributed by atoms with Crippen LogP contribution in [0.15, 0.2) is 9.52 Å². The van der Waals surface area contributed by atoms with Crippen molar-refractivity contribution in [2.45, 2.75) is 51.5 Å². The molecule has 128 valence electrons. The summed E-state index contributed by atoms with van der Waals surface area (Å²) in [4.78, 5) is 20.6. The van der Waals surface area contributed by atoms with Gasteiger partial charge in [0, 0.05) is 5.75 Å². The second kappa shape index (κ2) is 7.12. The Bertz CT molecular complexity index is 593. The molecule has 1 aliphatic rings. The fraction of sp³-hybridized carbons (Fsp3) is 0.714. The Morgan fingerprint density at radius 3 is 2.74 bits per heavy atom. The van der Waals surface area contributed by atoms with E-state index in [2.05, 4.69) is 20.4 Å². The summed E-state index contributed by atoms with van der Waals surface area (Å²) < 4.78 is 11.6. The highest BCUT2D eigenvalue weighted by atomic mass is 32.2. The highest BCUT2D eigenvalue weighted by molar-refractivity contribution is 8.38. The number of ether oxygens (including phenoxy) is 1. The van der Waals surface area contributed by atoms with Gasteiger partial charge in [0.25, 0.3) is 0 Å². The molecule has 0 unspecified atom stereocenters. The molecule has 0 radical (unpaired) electrons. The first-order valence-electron chi connectivity index (χ1n) is 7.30. The van der Waals surface area contributed by atoms with Crippen LogP contribution in [-0.2, 0) is 16.0 Å². The standard InChI is InChI=1S/C14H22N4O3S2/c1-13(2,3)20-11(19)17-14(4,5)10-16-9(21-18-10)8-23-12-15-6-7-22-12/h6-8H2,1-5H3,(H,17,19). The first-order valence-corrected chi connectivity index (χ1v) is 9.27. The lowest BCUT2D eigenvalue weighted by Gasteiger charge is -2.26. The van der Waals surface area contributed by atoms with Gasteiger partial charge in [0.05, 0.1) is 12.3 Å². The van der Waals surface area contributed by atoms with Crippen molar-refractivity contribution >= 4 is 34.0 Å². The van der Waals surface area contributed by atoms with Crippen LogP contribution in [0.2, 0.25) is 0 Å². The molecule has 1 N–H and O–H groups in total. The lowest BCUT2D eigenvalue weighted by atomic mass is 10.1. The molecule has 1 aliphatic heterocycles. The van der Waals surface area contributed by atoms with Crippen molar-refractivity contribution in [3.05, 3.63) is 11.7 Å². The van der Waals surface area contributed by atoms with Crippen LogP contribution in [0.5, 0.6) is 0 Å². The number of nitrogens with zero attached hydrogens (tertiary/aromatic N) is 3. The second-order valence-electron chi connectivity index (χ2n) is 6.55. The third kappa shape index (κ3) is 5.72. The van der Waals surface area contributed by atoms with E-state index in [1.807, 2.05) is 20.8 Å². The lowest BCUT2D eigenvalue weighted by Crippen LogP contribution is -2.44. The molecule has 0 atom stereocenters. The van der Waals surface area contributed by atoms with Crippen LogP contribution in [0.4, 0.5) is 4.79 Å². The number of amides is 1. The maximum atomic E-state index is 11.9. The van der Waals surface area contributed by atoms with Crippen LogP contribution >= 0.6 is 23.5 Å². The number of rotatable bonds is 4. The first kappa shape index (κ1) is 18.1. The summed E-state index contributed by atoms with van der Waals surface area (Å²) in [5, 5.41) is 6.73. The van der Waals surface area contributed by atoms with E-state index in [0.29, 0.717) is 17.5 Å². The molecule has 0 aromatic carbocycles. The van der Waals surface area contributed by atoms with Gasteiger partial charge in [-0.05, 0) is 34.6 Å². The van der Waals surface area contributed by atoms with Gasteiger partial charge in [-0.2, -0.15) is 4.98 Å². The fourth-order valence-corrected chi connectivity index (χ4v) is 3.55. The molecule has 0 aliphatic carbocycles. The number of carbonyl (C=O) groups excluding carboxylic acids is 1. The summed E-state index contributed by atoms with van der Waals surface area (Å²) >= 11 is 3.32. The highest BCUT2D eigenvalue weighted by Gasteiger charge is 2.31. The van der Waals surface area contributed by atoms with Crippen molar-refractivity contribution in [2.75, 3.05) is 12.3 Å². The molecule has 9 heteroatoms. The Morgan fingerprint density at radius 1 is 1.39 bits per heavy atom. The number of thioether (sulfide) groups is 2. The summed E-state index contributed by atoms with van der Waals surface area (Å²) in [6.45, 7) is 9.91. The maximum absolute atomic E-state index is 11.9. The molecule has 2 heterocycles. The average Bonchev–Trinajstić information content (AvgIpc) is 3.05. The van der Waals surface area contributed by atoms with Crippen LogP contribution in [0.1, 0.15) is 46.3 Å². The van der Waals surface area contributed by atoms with Gasteiger partial charge in [0.2, 0.25) is 5.89 Å². The molecule has 1 aromatic rings. The van der Waals surface area contributed by atoms with Gasteiger partial charge in [0.1, 0.15) is 15.5 Å². The Labute approximate surface area is 144 Å². The van der Waals surface area contributed by atoms with E-state index in [1.165, 1.54) is 0 Å². The minimum absolute atomic E-state index is 0.417. The van der Waals surface area contributed by atoms with Gasteiger partial charge in [-0.25, -0.2) is 4.79 Å². The summed E-state index contributed by atoms with van der Waals surface area (Å²) in [6.07, 6.45) is -0.514. The van der Waals surface area contributed by atoms with Crippen LogP contribution in [0.25, 0.3) is 0 Å². The van der Waals surface area contributed by atoms with Gasteiger partial charge in [0.15, 0.2) is 5.82 Å². The van der Waals surface area contributed by atoms with Crippen molar-refractivity contribution < 1.29 is 14.1 Å². The molecule has 0 spiro atoms. The predicted octanol–water partition coefficient (Wildman–Crippen LogP) is 3.17. The van der Waals surface area contributed by atoms with Gasteiger partial charge < -0.3 is 14.6 Å². The maximum Gasteiger partial charge on any atom is 0.408 e. The molecular formula is C14H22N4O3S2. The number of hydrogen-bond acceptors (Lipinski definition) is 8. The Morgan fingerprint density at radius 2 is 2.13 bits per heavy atom. The first-order chi connectivity index (χ1) is 10.7. The van der Waals surface area contributed by atoms with Crippen molar-refractivity contribution in [1.29, 1.82) is 0 Å². The number of carbonyl (C=O) groups is 1. The number of aliphatic imine (C=N–C) groups is 1. The third-order valence-electron chi connectivity index (χ3n) is 2.72. The highest BCUT2D eigenvalue weighted by Crippen LogP contribution is 2.25. The Hall–Kier alpha value is -1.22. The van der Waals surface area contributed by atoms with Gasteiger partial charge >= 0.3 is 6.09 Å². The van der Waals surface area contributed by atoms with E-state index in [9.17, 15) is 4.79 Å². The van der Waals surface area contributed by atoms with Crippen molar-refractivity contribution in [3.8, 4) is 0 Å². The smallest absolute Gasteiger partial charge is 0.408 e. The molecule has 1 aromatic heterocycles. The van der Waals surface area contributed by atoms with Crippen molar-refractivity contribution in [2.24, 2.45) is 4.99 Å². The van der Waals surface area contributed by atoms with E-state index in [1.54, 1.807) is 37.4 Å². The number of aromatic nitrogens is 2. The quantitative estimate of drug-likeness (QED) is 0.884. The molecule has 0 fully saturated rings. The summed E-state index contributed by atoms with van der Waals surface area (Å²) in [5.74, 6) is 2.53. The van der Waals surface area contributed by atoms with E-state index in [-0.39, 0.29) is 0 Å². The zero-order chi connectivity index (χ0) is 17.1. The van der Waals surface area contributed by atoms with Crippen LogP contribution < -0.4 is 5.32 Å². The summed E-state index contributed by atoms with van der Waals surface area (Å²) in [6, 6.07) is 0. The summed E-state index contributed by atoms with van der Waals surface area (Å²) in [7, 11) is 0. The monoisotopic (exact) mass is 358 g/mol. The molecule has 1 amide bonds. The third-order valence-corrected chi connectivity index (χ3v) is 4.95.